The molecule has 5 nitrogen and oxygen atoms in total. The van der Waals surface area contributed by atoms with Crippen LogP contribution in [0.3, 0.4) is 0 Å². The number of benzene rings is 1. The van der Waals surface area contributed by atoms with Crippen LogP contribution < -0.4 is 10.2 Å². The Hall–Kier alpha value is -1.85. The van der Waals surface area contributed by atoms with Crippen molar-refractivity contribution in [2.24, 2.45) is 5.92 Å². The van der Waals surface area contributed by atoms with Gasteiger partial charge in [0.15, 0.2) is 0 Å². The molecule has 0 aliphatic carbocycles. The smallest absolute Gasteiger partial charge is 0.131 e. The van der Waals surface area contributed by atoms with E-state index >= 15 is 0 Å². The van der Waals surface area contributed by atoms with E-state index in [1.807, 2.05) is 12.1 Å². The van der Waals surface area contributed by atoms with Crippen LogP contribution in [0.2, 0.25) is 0 Å². The molecule has 0 fully saturated rings. The molecular weight excluding hydrogens is 312 g/mol. The highest BCUT2D eigenvalue weighted by Crippen LogP contribution is 2.23. The van der Waals surface area contributed by atoms with Crippen LogP contribution in [0.1, 0.15) is 49.3 Å². The Morgan fingerprint density at radius 2 is 1.76 bits per heavy atom. The lowest BCUT2D eigenvalue weighted by atomic mass is 10.1. The van der Waals surface area contributed by atoms with Gasteiger partial charge in [0.2, 0.25) is 0 Å². The van der Waals surface area contributed by atoms with Crippen molar-refractivity contribution < 1.29 is 5.11 Å². The zero-order valence-corrected chi connectivity index (χ0v) is 16.4. The molecule has 1 heterocycles. The predicted molar refractivity (Wildman–Crippen MR) is 104 cm³/mol. The second-order valence-electron chi connectivity index (χ2n) is 7.38. The van der Waals surface area contributed by atoms with E-state index in [2.05, 4.69) is 61.9 Å². The minimum atomic E-state index is -0.417. The van der Waals surface area contributed by atoms with Crippen LogP contribution in [0, 0.1) is 12.8 Å². The minimum absolute atomic E-state index is 0.417. The molecule has 0 saturated carbocycles. The number of aliphatic hydroxyl groups excluding tert-OH is 1. The molecule has 0 bridgehead atoms. The van der Waals surface area contributed by atoms with Crippen molar-refractivity contribution in [2.45, 2.75) is 53.4 Å². The van der Waals surface area contributed by atoms with Crippen molar-refractivity contribution >= 4 is 5.82 Å². The van der Waals surface area contributed by atoms with E-state index in [4.69, 9.17) is 5.10 Å². The molecule has 0 saturated heterocycles. The van der Waals surface area contributed by atoms with Crippen LogP contribution in [0.25, 0.3) is 0 Å². The Labute approximate surface area is 151 Å². The molecule has 5 heteroatoms. The van der Waals surface area contributed by atoms with E-state index < -0.39 is 6.10 Å². The number of aliphatic hydroxyl groups is 1. The van der Waals surface area contributed by atoms with E-state index in [9.17, 15) is 5.11 Å². The highest BCUT2D eigenvalue weighted by atomic mass is 16.3. The van der Waals surface area contributed by atoms with Gasteiger partial charge in [-0.1, -0.05) is 38.1 Å². The van der Waals surface area contributed by atoms with Crippen molar-refractivity contribution in [3.05, 3.63) is 46.6 Å². The highest BCUT2D eigenvalue weighted by Gasteiger charge is 2.17. The fraction of sp³-hybridized carbons (Fsp3) is 0.550. The van der Waals surface area contributed by atoms with Crippen LogP contribution in [0.4, 0.5) is 5.82 Å². The molecule has 2 aromatic rings. The van der Waals surface area contributed by atoms with E-state index in [1.54, 1.807) is 6.92 Å². The van der Waals surface area contributed by atoms with Crippen LogP contribution in [0.5, 0.6) is 0 Å². The Morgan fingerprint density at radius 3 is 2.28 bits per heavy atom. The Balaban J connectivity index is 2.06. The van der Waals surface area contributed by atoms with Gasteiger partial charge in [0, 0.05) is 39.3 Å². The fourth-order valence-electron chi connectivity index (χ4n) is 3.03. The number of hydrogen-bond acceptors (Lipinski definition) is 4. The Kier molecular flexibility index (Phi) is 6.62. The van der Waals surface area contributed by atoms with Crippen LogP contribution >= 0.6 is 0 Å². The largest absolute Gasteiger partial charge is 0.389 e. The monoisotopic (exact) mass is 344 g/mol. The standard InChI is InChI=1S/C20H32N4O/c1-14(2)13-24-20(23(5)6)19(15(3)22-24)12-21-11-17-7-9-18(10-8-17)16(4)25/h7-10,14,16,21,25H,11-13H2,1-6H3. The summed E-state index contributed by atoms with van der Waals surface area (Å²) in [5.74, 6) is 1.74. The number of aryl methyl sites for hydroxylation is 1. The minimum Gasteiger partial charge on any atom is -0.389 e. The first-order chi connectivity index (χ1) is 11.8. The Bertz CT molecular complexity index is 672. The van der Waals surface area contributed by atoms with E-state index in [-0.39, 0.29) is 0 Å². The van der Waals surface area contributed by atoms with Gasteiger partial charge in [0.1, 0.15) is 5.82 Å². The summed E-state index contributed by atoms with van der Waals surface area (Å²) in [6.45, 7) is 10.8. The van der Waals surface area contributed by atoms with Crippen molar-refractivity contribution in [3.63, 3.8) is 0 Å². The van der Waals surface area contributed by atoms with Gasteiger partial charge in [-0.3, -0.25) is 0 Å². The molecule has 2 N–H and O–H groups in total. The van der Waals surface area contributed by atoms with E-state index in [0.717, 1.165) is 30.9 Å². The van der Waals surface area contributed by atoms with Gasteiger partial charge in [-0.2, -0.15) is 5.10 Å². The average molecular weight is 345 g/mol. The molecule has 1 aromatic heterocycles. The molecule has 1 atom stereocenters. The first-order valence-electron chi connectivity index (χ1n) is 9.00. The lowest BCUT2D eigenvalue weighted by molar-refractivity contribution is 0.199. The SMILES string of the molecule is Cc1nn(CC(C)C)c(N(C)C)c1CNCc1ccc(C(C)O)cc1. The molecule has 25 heavy (non-hydrogen) atoms. The van der Waals surface area contributed by atoms with Gasteiger partial charge in [-0.15, -0.1) is 0 Å². The van der Waals surface area contributed by atoms with Crippen LogP contribution in [0.15, 0.2) is 24.3 Å². The summed E-state index contributed by atoms with van der Waals surface area (Å²) in [6.07, 6.45) is -0.417. The van der Waals surface area contributed by atoms with Crippen molar-refractivity contribution in [3.8, 4) is 0 Å². The number of nitrogens with one attached hydrogen (secondary N) is 1. The van der Waals surface area contributed by atoms with Gasteiger partial charge in [0.05, 0.1) is 11.8 Å². The summed E-state index contributed by atoms with van der Waals surface area (Å²) in [6, 6.07) is 8.10. The topological polar surface area (TPSA) is 53.3 Å². The molecule has 1 unspecified atom stereocenters. The average Bonchev–Trinajstić information content (AvgIpc) is 2.82. The molecule has 1 aromatic carbocycles. The summed E-state index contributed by atoms with van der Waals surface area (Å²) in [5, 5.41) is 17.9. The fourth-order valence-corrected chi connectivity index (χ4v) is 3.03. The quantitative estimate of drug-likeness (QED) is 0.772. The third kappa shape index (κ3) is 5.06. The first kappa shape index (κ1) is 19.5. The maximum Gasteiger partial charge on any atom is 0.131 e. The number of hydrogen-bond donors (Lipinski definition) is 2. The maximum absolute atomic E-state index is 9.59. The highest BCUT2D eigenvalue weighted by molar-refractivity contribution is 5.49. The van der Waals surface area contributed by atoms with Crippen molar-refractivity contribution in [1.29, 1.82) is 0 Å². The molecular formula is C20H32N4O. The summed E-state index contributed by atoms with van der Waals surface area (Å²) in [5.41, 5.74) is 4.50. The number of aromatic nitrogens is 2. The number of anilines is 1. The molecule has 0 spiro atoms. The molecule has 0 amide bonds. The molecule has 0 radical (unpaired) electrons. The molecule has 138 valence electrons. The lowest BCUT2D eigenvalue weighted by Crippen LogP contribution is -2.20. The first-order valence-corrected chi connectivity index (χ1v) is 9.00. The third-order valence-electron chi connectivity index (χ3n) is 4.28. The summed E-state index contributed by atoms with van der Waals surface area (Å²) in [7, 11) is 4.15. The lowest BCUT2D eigenvalue weighted by Gasteiger charge is -2.18. The number of nitrogens with zero attached hydrogens (tertiary/aromatic N) is 3. The molecule has 0 aliphatic heterocycles. The van der Waals surface area contributed by atoms with Gasteiger partial charge >= 0.3 is 0 Å². The van der Waals surface area contributed by atoms with E-state index in [0.29, 0.717) is 5.92 Å². The summed E-state index contributed by atoms with van der Waals surface area (Å²) < 4.78 is 2.12. The van der Waals surface area contributed by atoms with Crippen molar-refractivity contribution in [1.82, 2.24) is 15.1 Å². The van der Waals surface area contributed by atoms with Crippen molar-refractivity contribution in [2.75, 3.05) is 19.0 Å². The third-order valence-corrected chi connectivity index (χ3v) is 4.28. The molecule has 2 rings (SSSR count). The number of rotatable bonds is 8. The zero-order chi connectivity index (χ0) is 18.6. The predicted octanol–water partition coefficient (Wildman–Crippen LogP) is 3.26. The maximum atomic E-state index is 9.59. The molecule has 0 aliphatic rings. The van der Waals surface area contributed by atoms with Gasteiger partial charge in [-0.25, -0.2) is 4.68 Å². The second-order valence-corrected chi connectivity index (χ2v) is 7.38. The summed E-state index contributed by atoms with van der Waals surface area (Å²) >= 11 is 0. The van der Waals surface area contributed by atoms with Crippen LogP contribution in [-0.2, 0) is 19.6 Å². The van der Waals surface area contributed by atoms with Gasteiger partial charge < -0.3 is 15.3 Å². The Morgan fingerprint density at radius 1 is 1.12 bits per heavy atom. The van der Waals surface area contributed by atoms with Gasteiger partial charge in [-0.05, 0) is 30.9 Å². The van der Waals surface area contributed by atoms with E-state index in [1.165, 1.54) is 16.9 Å². The normalized spacial score (nSPS) is 12.6. The second kappa shape index (κ2) is 8.50. The zero-order valence-electron chi connectivity index (χ0n) is 16.4. The van der Waals surface area contributed by atoms with Crippen LogP contribution in [-0.4, -0.2) is 29.0 Å². The van der Waals surface area contributed by atoms with Gasteiger partial charge in [0.25, 0.3) is 0 Å². The summed E-state index contributed by atoms with van der Waals surface area (Å²) in [4.78, 5) is 2.15.